The summed E-state index contributed by atoms with van der Waals surface area (Å²) in [5.41, 5.74) is 9.81. The number of nitrogens with one attached hydrogen (secondary N) is 1. The van der Waals surface area contributed by atoms with Crippen LogP contribution in [-0.2, 0) is 13.2 Å². The molecule has 3 N–H and O–H groups in total. The summed E-state index contributed by atoms with van der Waals surface area (Å²) in [6, 6.07) is 11.8. The van der Waals surface area contributed by atoms with Crippen LogP contribution in [0, 0.1) is 5.82 Å². The number of tetrazole rings is 1. The van der Waals surface area contributed by atoms with E-state index in [1.165, 1.54) is 10.9 Å². The zero-order valence-electron chi connectivity index (χ0n) is 12.5. The van der Waals surface area contributed by atoms with E-state index in [1.54, 1.807) is 24.3 Å². The van der Waals surface area contributed by atoms with Crippen LogP contribution in [0.3, 0.4) is 0 Å². The average Bonchev–Trinajstić information content (AvgIpc) is 2.99. The molecule has 124 valence electrons. The molecule has 0 fully saturated rings. The fraction of sp³-hybridized carbons (Fsp3) is 0.133. The van der Waals surface area contributed by atoms with Gasteiger partial charge in [-0.05, 0) is 40.3 Å². The maximum Gasteiger partial charge on any atom is 0.260 e. The van der Waals surface area contributed by atoms with Gasteiger partial charge in [0.25, 0.3) is 5.95 Å². The summed E-state index contributed by atoms with van der Waals surface area (Å²) >= 11 is 5.97. The topological polar surface area (TPSA) is 90.9 Å². The van der Waals surface area contributed by atoms with Crippen molar-refractivity contribution in [1.29, 1.82) is 0 Å². The van der Waals surface area contributed by atoms with E-state index in [9.17, 15) is 4.39 Å². The molecule has 7 nitrogen and oxygen atoms in total. The van der Waals surface area contributed by atoms with Crippen LogP contribution in [0.1, 0.15) is 11.1 Å². The SMILES string of the molecule is Nc1nnnn1NCc1ccc(OCc2c(F)cccc2Cl)cc1. The molecule has 3 rings (SSSR count). The number of nitrogen functional groups attached to an aromatic ring is 1. The zero-order chi connectivity index (χ0) is 16.9. The predicted molar refractivity (Wildman–Crippen MR) is 87.5 cm³/mol. The third-order valence-corrected chi connectivity index (χ3v) is 3.65. The first-order valence-corrected chi connectivity index (χ1v) is 7.43. The normalized spacial score (nSPS) is 10.6. The second-order valence-electron chi connectivity index (χ2n) is 4.92. The Kier molecular flexibility index (Phi) is 4.76. The molecule has 0 amide bonds. The van der Waals surface area contributed by atoms with Crippen LogP contribution in [0.15, 0.2) is 42.5 Å². The van der Waals surface area contributed by atoms with Gasteiger partial charge in [-0.2, -0.15) is 0 Å². The molecule has 0 saturated carbocycles. The van der Waals surface area contributed by atoms with Gasteiger partial charge in [-0.15, -0.1) is 4.79 Å². The highest BCUT2D eigenvalue weighted by Gasteiger charge is 2.07. The van der Waals surface area contributed by atoms with E-state index < -0.39 is 0 Å². The highest BCUT2D eigenvalue weighted by atomic mass is 35.5. The number of benzene rings is 2. The van der Waals surface area contributed by atoms with Crippen molar-refractivity contribution < 1.29 is 9.13 Å². The van der Waals surface area contributed by atoms with Crippen molar-refractivity contribution in [2.24, 2.45) is 0 Å². The van der Waals surface area contributed by atoms with Gasteiger partial charge in [0.2, 0.25) is 0 Å². The summed E-state index contributed by atoms with van der Waals surface area (Å²) < 4.78 is 19.3. The summed E-state index contributed by atoms with van der Waals surface area (Å²) in [4.78, 5) is 1.28. The van der Waals surface area contributed by atoms with Crippen LogP contribution >= 0.6 is 11.6 Å². The van der Waals surface area contributed by atoms with Crippen molar-refractivity contribution in [3.8, 4) is 5.75 Å². The van der Waals surface area contributed by atoms with Gasteiger partial charge in [-0.1, -0.05) is 34.9 Å². The van der Waals surface area contributed by atoms with Gasteiger partial charge < -0.3 is 15.9 Å². The molecule has 0 bridgehead atoms. The van der Waals surface area contributed by atoms with Crippen molar-refractivity contribution in [1.82, 2.24) is 20.3 Å². The largest absolute Gasteiger partial charge is 0.489 e. The van der Waals surface area contributed by atoms with Gasteiger partial charge in [0.15, 0.2) is 0 Å². The Labute approximate surface area is 142 Å². The van der Waals surface area contributed by atoms with Gasteiger partial charge in [0, 0.05) is 5.56 Å². The number of anilines is 1. The number of nitrogens with zero attached hydrogens (tertiary/aromatic N) is 4. The fourth-order valence-electron chi connectivity index (χ4n) is 2.00. The molecule has 1 heterocycles. The number of halogens is 2. The molecule has 1 aromatic heterocycles. The highest BCUT2D eigenvalue weighted by Crippen LogP contribution is 2.21. The molecule has 9 heteroatoms. The Morgan fingerprint density at radius 3 is 2.67 bits per heavy atom. The van der Waals surface area contributed by atoms with Crippen molar-refractivity contribution in [2.75, 3.05) is 11.2 Å². The summed E-state index contributed by atoms with van der Waals surface area (Å²) in [6.45, 7) is 0.541. The average molecular weight is 349 g/mol. The van der Waals surface area contributed by atoms with Gasteiger partial charge in [-0.25, -0.2) is 4.39 Å². The summed E-state index contributed by atoms with van der Waals surface area (Å²) in [6.07, 6.45) is 0. The molecule has 0 aliphatic rings. The minimum absolute atomic E-state index is 0.0598. The van der Waals surface area contributed by atoms with Crippen molar-refractivity contribution in [2.45, 2.75) is 13.2 Å². The molecule has 3 aromatic rings. The highest BCUT2D eigenvalue weighted by molar-refractivity contribution is 6.31. The van der Waals surface area contributed by atoms with E-state index in [-0.39, 0.29) is 18.4 Å². The number of ether oxygens (including phenoxy) is 1. The van der Waals surface area contributed by atoms with E-state index in [0.29, 0.717) is 22.9 Å². The van der Waals surface area contributed by atoms with Crippen LogP contribution in [0.5, 0.6) is 5.75 Å². The third-order valence-electron chi connectivity index (χ3n) is 3.29. The van der Waals surface area contributed by atoms with Crippen molar-refractivity contribution >= 4 is 17.5 Å². The van der Waals surface area contributed by atoms with E-state index in [2.05, 4.69) is 21.0 Å². The molecule has 0 aliphatic carbocycles. The Hall–Kier alpha value is -2.87. The van der Waals surface area contributed by atoms with Crippen LogP contribution in [0.2, 0.25) is 5.02 Å². The van der Waals surface area contributed by atoms with E-state index in [0.717, 1.165) is 5.56 Å². The van der Waals surface area contributed by atoms with Crippen LogP contribution in [0.25, 0.3) is 0 Å². The lowest BCUT2D eigenvalue weighted by atomic mass is 10.2. The number of nitrogens with two attached hydrogens (primary N) is 1. The van der Waals surface area contributed by atoms with Gasteiger partial charge in [-0.3, -0.25) is 0 Å². The zero-order valence-corrected chi connectivity index (χ0v) is 13.2. The maximum absolute atomic E-state index is 13.7. The van der Waals surface area contributed by atoms with E-state index in [4.69, 9.17) is 22.1 Å². The number of hydrogen-bond acceptors (Lipinski definition) is 6. The van der Waals surface area contributed by atoms with Crippen molar-refractivity contribution in [3.63, 3.8) is 0 Å². The molecule has 0 spiro atoms. The summed E-state index contributed by atoms with van der Waals surface area (Å²) in [5.74, 6) is 0.402. The Balaban J connectivity index is 1.57. The minimum atomic E-state index is -0.387. The summed E-state index contributed by atoms with van der Waals surface area (Å²) in [7, 11) is 0. The summed E-state index contributed by atoms with van der Waals surface area (Å²) in [5, 5.41) is 11.0. The Morgan fingerprint density at radius 1 is 1.21 bits per heavy atom. The first kappa shape index (κ1) is 16.0. The molecule has 0 unspecified atom stereocenters. The number of aromatic nitrogens is 4. The first-order chi connectivity index (χ1) is 11.6. The maximum atomic E-state index is 13.7. The third kappa shape index (κ3) is 3.72. The molecule has 0 saturated heterocycles. The van der Waals surface area contributed by atoms with Gasteiger partial charge >= 0.3 is 0 Å². The van der Waals surface area contributed by atoms with Gasteiger partial charge in [0.1, 0.15) is 18.2 Å². The number of hydrogen-bond donors (Lipinski definition) is 2. The first-order valence-electron chi connectivity index (χ1n) is 7.06. The number of rotatable bonds is 6. The minimum Gasteiger partial charge on any atom is -0.489 e. The smallest absolute Gasteiger partial charge is 0.260 e. The standard InChI is InChI=1S/C15H14ClFN6O/c16-13-2-1-3-14(17)12(13)9-24-11-6-4-10(5-7-11)8-19-23-15(18)20-21-22-23/h1-7,19H,8-9H2,(H2,18,20,22). The van der Waals surface area contributed by atoms with Crippen LogP contribution in [-0.4, -0.2) is 20.3 Å². The second kappa shape index (κ2) is 7.14. The molecule has 24 heavy (non-hydrogen) atoms. The molecule has 0 atom stereocenters. The molecular formula is C15H14ClFN6O. The lowest BCUT2D eigenvalue weighted by Crippen LogP contribution is -2.18. The Bertz CT molecular complexity index is 803. The second-order valence-corrected chi connectivity index (χ2v) is 5.32. The van der Waals surface area contributed by atoms with Crippen LogP contribution < -0.4 is 15.9 Å². The van der Waals surface area contributed by atoms with Gasteiger partial charge in [0.05, 0.1) is 11.6 Å². The quantitative estimate of drug-likeness (QED) is 0.710. The monoisotopic (exact) mass is 348 g/mol. The Morgan fingerprint density at radius 2 is 2.00 bits per heavy atom. The molecular weight excluding hydrogens is 335 g/mol. The lowest BCUT2D eigenvalue weighted by molar-refractivity contribution is 0.300. The lowest BCUT2D eigenvalue weighted by Gasteiger charge is -2.10. The molecule has 2 aromatic carbocycles. The van der Waals surface area contributed by atoms with Crippen LogP contribution in [0.4, 0.5) is 10.3 Å². The van der Waals surface area contributed by atoms with E-state index in [1.807, 2.05) is 12.1 Å². The predicted octanol–water partition coefficient (Wildman–Crippen LogP) is 2.37. The van der Waals surface area contributed by atoms with Crippen molar-refractivity contribution in [3.05, 3.63) is 64.4 Å². The molecule has 0 aliphatic heterocycles. The molecule has 0 radical (unpaired) electrons. The fourth-order valence-corrected chi connectivity index (χ4v) is 2.22. The van der Waals surface area contributed by atoms with E-state index >= 15 is 0 Å².